The van der Waals surface area contributed by atoms with Crippen molar-refractivity contribution in [3.05, 3.63) is 52.1 Å². The molecule has 4 rings (SSSR count). The summed E-state index contributed by atoms with van der Waals surface area (Å²) in [5.41, 5.74) is 9.55. The topological polar surface area (TPSA) is 64.5 Å². The molecular formula is C20H19N5. The Kier molecular flexibility index (Phi) is 3.46. The van der Waals surface area contributed by atoms with Crippen molar-refractivity contribution in [1.82, 2.24) is 25.1 Å². The van der Waals surface area contributed by atoms with Gasteiger partial charge in [0.1, 0.15) is 0 Å². The molecule has 0 saturated carbocycles. The van der Waals surface area contributed by atoms with Gasteiger partial charge in [-0.3, -0.25) is 0 Å². The largest absolute Gasteiger partial charge is 0.223 e. The van der Waals surface area contributed by atoms with Crippen LogP contribution in [0.4, 0.5) is 0 Å². The van der Waals surface area contributed by atoms with Crippen LogP contribution in [-0.2, 0) is 0 Å². The predicted octanol–water partition coefficient (Wildman–Crippen LogP) is 4.18. The molecule has 0 amide bonds. The van der Waals surface area contributed by atoms with E-state index in [9.17, 15) is 0 Å². The summed E-state index contributed by atoms with van der Waals surface area (Å²) in [4.78, 5) is 13.9. The summed E-state index contributed by atoms with van der Waals surface area (Å²) in [6.07, 6.45) is 0. The number of hydrogen-bond donors (Lipinski definition) is 0. The van der Waals surface area contributed by atoms with E-state index in [1.165, 1.54) is 16.7 Å². The maximum atomic E-state index is 4.67. The molecule has 0 spiro atoms. The molecule has 2 heterocycles. The van der Waals surface area contributed by atoms with Gasteiger partial charge in [0.2, 0.25) is 11.3 Å². The van der Waals surface area contributed by atoms with Crippen LogP contribution in [0.5, 0.6) is 0 Å². The monoisotopic (exact) mass is 329 g/mol. The van der Waals surface area contributed by atoms with Gasteiger partial charge in [0.25, 0.3) is 0 Å². The Balaban J connectivity index is 1.96. The summed E-state index contributed by atoms with van der Waals surface area (Å²) in [7, 11) is 0. The number of hydrogen-bond acceptors (Lipinski definition) is 5. The fourth-order valence-electron chi connectivity index (χ4n) is 3.29. The first-order valence-electron chi connectivity index (χ1n) is 8.30. The molecule has 0 atom stereocenters. The maximum Gasteiger partial charge on any atom is 0.220 e. The molecular weight excluding hydrogens is 310 g/mol. The van der Waals surface area contributed by atoms with Crippen molar-refractivity contribution in [2.45, 2.75) is 34.6 Å². The van der Waals surface area contributed by atoms with Crippen molar-refractivity contribution in [2.24, 2.45) is 0 Å². The normalized spacial score (nSPS) is 11.4. The first kappa shape index (κ1) is 15.6. The van der Waals surface area contributed by atoms with Crippen molar-refractivity contribution >= 4 is 22.3 Å². The molecule has 5 nitrogen and oxygen atoms in total. The Hall–Kier alpha value is -2.95. The average Bonchev–Trinajstić information content (AvgIpc) is 2.53. The van der Waals surface area contributed by atoms with E-state index in [0.29, 0.717) is 17.1 Å². The van der Waals surface area contributed by atoms with Gasteiger partial charge in [-0.05, 0) is 69.0 Å². The number of fused-ring (bicyclic) bond motifs is 2. The summed E-state index contributed by atoms with van der Waals surface area (Å²) in [6.45, 7) is 10.4. The van der Waals surface area contributed by atoms with E-state index in [-0.39, 0.29) is 0 Å². The molecule has 2 aromatic carbocycles. The van der Waals surface area contributed by atoms with E-state index in [0.717, 1.165) is 27.7 Å². The number of aromatic nitrogens is 5. The van der Waals surface area contributed by atoms with E-state index < -0.39 is 0 Å². The highest BCUT2D eigenvalue weighted by Gasteiger charge is 2.13. The van der Waals surface area contributed by atoms with E-state index in [2.05, 4.69) is 71.9 Å². The van der Waals surface area contributed by atoms with Crippen LogP contribution in [0, 0.1) is 34.6 Å². The molecule has 124 valence electrons. The van der Waals surface area contributed by atoms with Crippen LogP contribution in [0.15, 0.2) is 24.3 Å². The van der Waals surface area contributed by atoms with Crippen molar-refractivity contribution in [1.29, 1.82) is 0 Å². The van der Waals surface area contributed by atoms with Gasteiger partial charge in [-0.15, -0.1) is 10.2 Å². The molecule has 0 aliphatic carbocycles. The molecule has 25 heavy (non-hydrogen) atoms. The summed E-state index contributed by atoms with van der Waals surface area (Å²) < 4.78 is 0. The van der Waals surface area contributed by atoms with E-state index >= 15 is 0 Å². The Morgan fingerprint density at radius 2 is 1.12 bits per heavy atom. The Labute approximate surface area is 146 Å². The van der Waals surface area contributed by atoms with Gasteiger partial charge in [0, 0.05) is 5.56 Å². The highest BCUT2D eigenvalue weighted by molar-refractivity contribution is 5.84. The average molecular weight is 329 g/mol. The number of rotatable bonds is 1. The molecule has 0 bridgehead atoms. The Morgan fingerprint density at radius 1 is 0.560 bits per heavy atom. The SMILES string of the molecule is Cc1cc(C)c(-c2nnc3nc4cc(C)c(C)cc4nc3n2)c(C)c1. The zero-order chi connectivity index (χ0) is 17.7. The Morgan fingerprint density at radius 3 is 1.72 bits per heavy atom. The van der Waals surface area contributed by atoms with Crippen molar-refractivity contribution in [2.75, 3.05) is 0 Å². The van der Waals surface area contributed by atoms with Gasteiger partial charge < -0.3 is 0 Å². The minimum Gasteiger partial charge on any atom is -0.223 e. The second kappa shape index (κ2) is 5.55. The van der Waals surface area contributed by atoms with Gasteiger partial charge >= 0.3 is 0 Å². The first-order chi connectivity index (χ1) is 11.9. The molecule has 0 saturated heterocycles. The summed E-state index contributed by atoms with van der Waals surface area (Å²) in [5, 5.41) is 8.59. The molecule has 4 aromatic rings. The third-order valence-electron chi connectivity index (χ3n) is 4.60. The quantitative estimate of drug-likeness (QED) is 0.490. The predicted molar refractivity (Wildman–Crippen MR) is 99.6 cm³/mol. The van der Waals surface area contributed by atoms with Crippen molar-refractivity contribution < 1.29 is 0 Å². The highest BCUT2D eigenvalue weighted by Crippen LogP contribution is 2.26. The molecule has 0 radical (unpaired) electrons. The minimum atomic E-state index is 0.474. The second-order valence-corrected chi connectivity index (χ2v) is 6.71. The fourth-order valence-corrected chi connectivity index (χ4v) is 3.29. The van der Waals surface area contributed by atoms with Crippen LogP contribution in [0.1, 0.15) is 27.8 Å². The third kappa shape index (κ3) is 2.61. The molecule has 0 aliphatic heterocycles. The second-order valence-electron chi connectivity index (χ2n) is 6.71. The van der Waals surface area contributed by atoms with Gasteiger partial charge in [-0.2, -0.15) is 0 Å². The summed E-state index contributed by atoms with van der Waals surface area (Å²) >= 11 is 0. The van der Waals surface area contributed by atoms with Crippen LogP contribution in [0.3, 0.4) is 0 Å². The summed E-state index contributed by atoms with van der Waals surface area (Å²) in [5.74, 6) is 0.597. The number of benzene rings is 2. The Bertz CT molecular complexity index is 1120. The smallest absolute Gasteiger partial charge is 0.220 e. The number of aryl methyl sites for hydroxylation is 5. The van der Waals surface area contributed by atoms with Gasteiger partial charge in [-0.1, -0.05) is 17.7 Å². The molecule has 0 N–H and O–H groups in total. The standard InChI is InChI=1S/C20H19N5/c1-10-6-13(4)17(14(5)7-10)18-23-19-20(25-24-18)22-16-9-12(3)11(2)8-15(16)21-19/h6-9H,1-5H3. The van der Waals surface area contributed by atoms with Crippen LogP contribution in [0.25, 0.3) is 33.7 Å². The molecule has 0 unspecified atom stereocenters. The van der Waals surface area contributed by atoms with Crippen LogP contribution < -0.4 is 0 Å². The third-order valence-corrected chi connectivity index (χ3v) is 4.60. The molecule has 2 aromatic heterocycles. The lowest BCUT2D eigenvalue weighted by Crippen LogP contribution is -2.01. The van der Waals surface area contributed by atoms with Gasteiger partial charge in [0.15, 0.2) is 5.82 Å². The number of nitrogens with zero attached hydrogens (tertiary/aromatic N) is 5. The van der Waals surface area contributed by atoms with Gasteiger partial charge in [-0.25, -0.2) is 15.0 Å². The van der Waals surface area contributed by atoms with E-state index in [1.54, 1.807) is 0 Å². The lowest BCUT2D eigenvalue weighted by molar-refractivity contribution is 0.999. The van der Waals surface area contributed by atoms with Crippen molar-refractivity contribution in [3.63, 3.8) is 0 Å². The van der Waals surface area contributed by atoms with Crippen LogP contribution >= 0.6 is 0 Å². The zero-order valence-electron chi connectivity index (χ0n) is 15.0. The lowest BCUT2D eigenvalue weighted by Gasteiger charge is -2.10. The van der Waals surface area contributed by atoms with Crippen LogP contribution in [-0.4, -0.2) is 25.1 Å². The lowest BCUT2D eigenvalue weighted by atomic mass is 9.99. The first-order valence-corrected chi connectivity index (χ1v) is 8.30. The van der Waals surface area contributed by atoms with E-state index in [1.807, 2.05) is 12.1 Å². The minimum absolute atomic E-state index is 0.474. The maximum absolute atomic E-state index is 4.67. The summed E-state index contributed by atoms with van der Waals surface area (Å²) in [6, 6.07) is 8.34. The highest BCUT2D eigenvalue weighted by atomic mass is 15.2. The van der Waals surface area contributed by atoms with Crippen molar-refractivity contribution in [3.8, 4) is 11.4 Å². The van der Waals surface area contributed by atoms with E-state index in [4.69, 9.17) is 0 Å². The van der Waals surface area contributed by atoms with Crippen LogP contribution in [0.2, 0.25) is 0 Å². The zero-order valence-corrected chi connectivity index (χ0v) is 15.0. The molecule has 0 aliphatic rings. The molecule has 5 heteroatoms. The molecule has 0 fully saturated rings. The van der Waals surface area contributed by atoms with Gasteiger partial charge in [0.05, 0.1) is 11.0 Å². The fraction of sp³-hybridized carbons (Fsp3) is 0.250.